The van der Waals surface area contributed by atoms with Crippen molar-refractivity contribution >= 4 is 11.3 Å². The maximum Gasteiger partial charge on any atom is 0.125 e. The van der Waals surface area contributed by atoms with Crippen LogP contribution in [0.1, 0.15) is 68.8 Å². The third-order valence-corrected chi connectivity index (χ3v) is 5.88. The van der Waals surface area contributed by atoms with Gasteiger partial charge >= 0.3 is 0 Å². The molecular formula is C16H28N2OS. The lowest BCUT2D eigenvalue weighted by Gasteiger charge is -2.36. The Hall–Kier alpha value is -0.450. The molecule has 1 fully saturated rings. The van der Waals surface area contributed by atoms with Crippen LogP contribution in [0.3, 0.4) is 0 Å². The second kappa shape index (κ2) is 7.01. The normalized spacial score (nSPS) is 28.5. The molecule has 0 spiro atoms. The highest BCUT2D eigenvalue weighted by Gasteiger charge is 2.38. The van der Waals surface area contributed by atoms with Crippen LogP contribution < -0.4 is 5.32 Å². The van der Waals surface area contributed by atoms with Crippen molar-refractivity contribution in [3.05, 3.63) is 16.1 Å². The number of nitrogens with one attached hydrogen (secondary N) is 1. The first-order chi connectivity index (χ1) is 9.61. The van der Waals surface area contributed by atoms with Crippen molar-refractivity contribution < 1.29 is 4.74 Å². The molecule has 0 amide bonds. The fraction of sp³-hybridized carbons (Fsp3) is 0.812. The Balaban J connectivity index is 2.10. The van der Waals surface area contributed by atoms with Crippen LogP contribution >= 0.6 is 11.3 Å². The molecule has 1 aliphatic rings. The minimum Gasteiger partial charge on any atom is -0.371 e. The van der Waals surface area contributed by atoms with Crippen LogP contribution in [0, 0.1) is 5.92 Å². The van der Waals surface area contributed by atoms with E-state index in [4.69, 9.17) is 9.72 Å². The Morgan fingerprint density at radius 3 is 2.80 bits per heavy atom. The van der Waals surface area contributed by atoms with E-state index in [2.05, 4.69) is 26.1 Å². The predicted octanol–water partition coefficient (Wildman–Crippen LogP) is 4.26. The van der Waals surface area contributed by atoms with Crippen molar-refractivity contribution in [2.75, 3.05) is 13.7 Å². The van der Waals surface area contributed by atoms with Crippen molar-refractivity contribution in [1.29, 1.82) is 0 Å². The molecule has 0 bridgehead atoms. The largest absolute Gasteiger partial charge is 0.371 e. The molecule has 1 aromatic heterocycles. The Kier molecular flexibility index (Phi) is 5.58. The van der Waals surface area contributed by atoms with E-state index >= 15 is 0 Å². The molecule has 0 radical (unpaired) electrons. The van der Waals surface area contributed by atoms with Gasteiger partial charge in [-0.3, -0.25) is 0 Å². The highest BCUT2D eigenvalue weighted by Crippen LogP contribution is 2.43. The van der Waals surface area contributed by atoms with Crippen molar-refractivity contribution in [2.45, 2.75) is 64.5 Å². The molecule has 4 heteroatoms. The number of methoxy groups -OCH3 is 1. The van der Waals surface area contributed by atoms with Crippen LogP contribution in [0.15, 0.2) is 6.20 Å². The van der Waals surface area contributed by atoms with Gasteiger partial charge in [0.25, 0.3) is 0 Å². The first-order valence-electron chi connectivity index (χ1n) is 7.86. The van der Waals surface area contributed by atoms with Crippen molar-refractivity contribution in [1.82, 2.24) is 10.3 Å². The van der Waals surface area contributed by atoms with Crippen LogP contribution in [0.25, 0.3) is 0 Å². The van der Waals surface area contributed by atoms with Gasteiger partial charge in [-0.15, -0.1) is 11.3 Å². The highest BCUT2D eigenvalue weighted by atomic mass is 32.1. The third-order valence-electron chi connectivity index (χ3n) is 4.51. The van der Waals surface area contributed by atoms with Gasteiger partial charge in [-0.25, -0.2) is 4.98 Å². The topological polar surface area (TPSA) is 34.2 Å². The van der Waals surface area contributed by atoms with Gasteiger partial charge in [0.05, 0.1) is 0 Å². The summed E-state index contributed by atoms with van der Waals surface area (Å²) >= 11 is 1.82. The molecule has 1 unspecified atom stereocenters. The van der Waals surface area contributed by atoms with Crippen molar-refractivity contribution in [2.24, 2.45) is 5.92 Å². The Bertz CT molecular complexity index is 410. The number of nitrogens with zero attached hydrogens (tertiary/aromatic N) is 1. The van der Waals surface area contributed by atoms with Gasteiger partial charge in [0.15, 0.2) is 0 Å². The molecule has 1 atom stereocenters. The maximum absolute atomic E-state index is 5.91. The average Bonchev–Trinajstić information content (AvgIpc) is 2.96. The molecule has 0 saturated heterocycles. The van der Waals surface area contributed by atoms with E-state index in [9.17, 15) is 0 Å². The smallest absolute Gasteiger partial charge is 0.125 e. The van der Waals surface area contributed by atoms with E-state index in [0.717, 1.165) is 31.7 Å². The molecular weight excluding hydrogens is 268 g/mol. The number of hydrogen-bond acceptors (Lipinski definition) is 4. The summed E-state index contributed by atoms with van der Waals surface area (Å²) in [5.41, 5.74) is -0.125. The van der Waals surface area contributed by atoms with Gasteiger partial charge in [-0.2, -0.15) is 0 Å². The molecule has 20 heavy (non-hydrogen) atoms. The summed E-state index contributed by atoms with van der Waals surface area (Å²) in [5, 5.41) is 4.71. The zero-order valence-electron chi connectivity index (χ0n) is 13.2. The summed E-state index contributed by atoms with van der Waals surface area (Å²) in [5.74, 6) is 0.822. The standard InChI is InChI=1S/C16H28N2OS/c1-5-10-17-13(3)14-11-18-15(20-14)16(19-4)8-6-12(2)7-9-16/h11-13,17H,5-10H2,1-4H3. The maximum atomic E-state index is 5.91. The Morgan fingerprint density at radius 1 is 1.50 bits per heavy atom. The summed E-state index contributed by atoms with van der Waals surface area (Å²) in [6.07, 6.45) is 7.89. The second-order valence-electron chi connectivity index (χ2n) is 6.12. The first kappa shape index (κ1) is 15.9. The molecule has 2 rings (SSSR count). The fourth-order valence-corrected chi connectivity index (χ4v) is 4.06. The zero-order chi connectivity index (χ0) is 14.6. The third kappa shape index (κ3) is 3.41. The van der Waals surface area contributed by atoms with Gasteiger partial charge < -0.3 is 10.1 Å². The fourth-order valence-electron chi connectivity index (χ4n) is 2.89. The molecule has 0 aliphatic heterocycles. The van der Waals surface area contributed by atoms with Crippen LogP contribution in [-0.4, -0.2) is 18.6 Å². The number of rotatable bonds is 6. The van der Waals surface area contributed by atoms with E-state index in [1.165, 1.54) is 22.7 Å². The Morgan fingerprint density at radius 2 is 2.20 bits per heavy atom. The molecule has 0 aromatic carbocycles. The quantitative estimate of drug-likeness (QED) is 0.852. The molecule has 1 saturated carbocycles. The van der Waals surface area contributed by atoms with Crippen molar-refractivity contribution in [3.8, 4) is 0 Å². The van der Waals surface area contributed by atoms with E-state index in [-0.39, 0.29) is 5.60 Å². The number of hydrogen-bond donors (Lipinski definition) is 1. The van der Waals surface area contributed by atoms with Crippen LogP contribution in [-0.2, 0) is 10.3 Å². The SMILES string of the molecule is CCCNC(C)c1cnc(C2(OC)CCC(C)CC2)s1. The number of thiazole rings is 1. The second-order valence-corrected chi connectivity index (χ2v) is 7.19. The number of aromatic nitrogens is 1. The zero-order valence-corrected chi connectivity index (χ0v) is 14.1. The van der Waals surface area contributed by atoms with Crippen LogP contribution in [0.5, 0.6) is 0 Å². The van der Waals surface area contributed by atoms with E-state index in [0.29, 0.717) is 6.04 Å². The molecule has 114 valence electrons. The van der Waals surface area contributed by atoms with Gasteiger partial charge in [-0.05, 0) is 51.5 Å². The monoisotopic (exact) mass is 296 g/mol. The predicted molar refractivity (Wildman–Crippen MR) is 85.1 cm³/mol. The highest BCUT2D eigenvalue weighted by molar-refractivity contribution is 7.11. The van der Waals surface area contributed by atoms with Gasteiger partial charge in [0.2, 0.25) is 0 Å². The van der Waals surface area contributed by atoms with E-state index < -0.39 is 0 Å². The lowest BCUT2D eigenvalue weighted by Crippen LogP contribution is -2.33. The van der Waals surface area contributed by atoms with Crippen LogP contribution in [0.4, 0.5) is 0 Å². The molecule has 1 N–H and O–H groups in total. The lowest BCUT2D eigenvalue weighted by atomic mass is 9.80. The summed E-state index contributed by atoms with van der Waals surface area (Å²) < 4.78 is 5.91. The molecule has 1 heterocycles. The van der Waals surface area contributed by atoms with E-state index in [1.807, 2.05) is 24.6 Å². The summed E-state index contributed by atoms with van der Waals surface area (Å²) in [4.78, 5) is 6.01. The summed E-state index contributed by atoms with van der Waals surface area (Å²) in [6.45, 7) is 7.81. The van der Waals surface area contributed by atoms with Gasteiger partial charge in [-0.1, -0.05) is 13.8 Å². The summed E-state index contributed by atoms with van der Waals surface area (Å²) in [6, 6.07) is 0.387. The van der Waals surface area contributed by atoms with E-state index in [1.54, 1.807) is 0 Å². The molecule has 1 aliphatic carbocycles. The number of ether oxygens (including phenoxy) is 1. The van der Waals surface area contributed by atoms with Gasteiger partial charge in [0, 0.05) is 24.2 Å². The molecule has 3 nitrogen and oxygen atoms in total. The van der Waals surface area contributed by atoms with Crippen molar-refractivity contribution in [3.63, 3.8) is 0 Å². The lowest BCUT2D eigenvalue weighted by molar-refractivity contribution is -0.0531. The summed E-state index contributed by atoms with van der Waals surface area (Å²) in [7, 11) is 1.84. The van der Waals surface area contributed by atoms with Crippen LogP contribution in [0.2, 0.25) is 0 Å². The average molecular weight is 296 g/mol. The Labute approximate surface area is 127 Å². The minimum atomic E-state index is -0.125. The first-order valence-corrected chi connectivity index (χ1v) is 8.67. The molecule has 1 aromatic rings. The minimum absolute atomic E-state index is 0.125. The van der Waals surface area contributed by atoms with Gasteiger partial charge in [0.1, 0.15) is 10.6 Å².